The number of amides is 3. The van der Waals surface area contributed by atoms with Crippen LogP contribution in [0.25, 0.3) is 21.5 Å². The van der Waals surface area contributed by atoms with E-state index in [9.17, 15) is 14.4 Å². The van der Waals surface area contributed by atoms with Crippen LogP contribution in [0.1, 0.15) is 83.4 Å². The zero-order valence-corrected chi connectivity index (χ0v) is 30.1. The molecule has 0 radical (unpaired) electrons. The molecule has 0 aliphatic heterocycles. The van der Waals surface area contributed by atoms with E-state index >= 15 is 0 Å². The van der Waals surface area contributed by atoms with Gasteiger partial charge in [-0.05, 0) is 103 Å². The number of aromatic nitrogens is 3. The van der Waals surface area contributed by atoms with Crippen LogP contribution in [-0.4, -0.2) is 69.4 Å². The number of pyridine rings is 1. The lowest BCUT2D eigenvalue weighted by molar-refractivity contribution is 0.0210. The molecular weight excluding hydrogens is 629 g/mol. The Morgan fingerprint density at radius 2 is 1.62 bits per heavy atom. The van der Waals surface area contributed by atoms with Crippen molar-refractivity contribution >= 4 is 52.2 Å². The molecule has 0 atom stereocenters. The van der Waals surface area contributed by atoms with Crippen molar-refractivity contribution in [1.82, 2.24) is 19.4 Å². The summed E-state index contributed by atoms with van der Waals surface area (Å²) in [5.41, 5.74) is 1.53. The fourth-order valence-electron chi connectivity index (χ4n) is 5.77. The molecular formula is C36H46N6O5S. The van der Waals surface area contributed by atoms with Gasteiger partial charge in [0.15, 0.2) is 0 Å². The Morgan fingerprint density at radius 3 is 2.27 bits per heavy atom. The summed E-state index contributed by atoms with van der Waals surface area (Å²) in [6.45, 7) is 13.9. The van der Waals surface area contributed by atoms with E-state index in [1.54, 1.807) is 37.3 Å². The molecule has 1 fully saturated rings. The SMILES string of the molecule is CN(CCC1(C)CC(n2c(NC(=O)c3ccc(-c4ccc(N(C)C(=O)OC(C)(C)C)nc4)s3)nc3ccccc32)C1)C(=O)OC(C)(C)C. The van der Waals surface area contributed by atoms with Crippen LogP contribution in [0, 0.1) is 5.41 Å². The number of fused-ring (bicyclic) bond motifs is 1. The molecule has 1 saturated carbocycles. The molecule has 5 rings (SSSR count). The van der Waals surface area contributed by atoms with Crippen LogP contribution in [-0.2, 0) is 9.47 Å². The second-order valence-electron chi connectivity index (χ2n) is 14.9. The molecule has 12 heteroatoms. The summed E-state index contributed by atoms with van der Waals surface area (Å²) < 4.78 is 13.1. The van der Waals surface area contributed by atoms with Crippen LogP contribution in [0.3, 0.4) is 0 Å². The number of rotatable bonds is 8. The van der Waals surface area contributed by atoms with E-state index < -0.39 is 17.3 Å². The van der Waals surface area contributed by atoms with Crippen molar-refractivity contribution in [2.24, 2.45) is 5.41 Å². The molecule has 0 saturated heterocycles. The summed E-state index contributed by atoms with van der Waals surface area (Å²) in [6, 6.07) is 15.4. The van der Waals surface area contributed by atoms with Crippen LogP contribution in [0.2, 0.25) is 0 Å². The van der Waals surface area contributed by atoms with Crippen molar-refractivity contribution in [3.63, 3.8) is 0 Å². The van der Waals surface area contributed by atoms with Gasteiger partial charge in [-0.25, -0.2) is 19.6 Å². The Labute approximate surface area is 286 Å². The highest BCUT2D eigenvalue weighted by molar-refractivity contribution is 7.17. The number of benzene rings is 1. The van der Waals surface area contributed by atoms with Crippen LogP contribution >= 0.6 is 11.3 Å². The zero-order chi connectivity index (χ0) is 35.0. The van der Waals surface area contributed by atoms with Gasteiger partial charge in [0.25, 0.3) is 5.91 Å². The predicted molar refractivity (Wildman–Crippen MR) is 190 cm³/mol. The highest BCUT2D eigenvalue weighted by Crippen LogP contribution is 2.52. The van der Waals surface area contributed by atoms with Crippen LogP contribution in [0.5, 0.6) is 0 Å². The number of ether oxygens (including phenoxy) is 2. The summed E-state index contributed by atoms with van der Waals surface area (Å²) >= 11 is 1.36. The van der Waals surface area contributed by atoms with E-state index in [-0.39, 0.29) is 23.5 Å². The standard InChI is InChI=1S/C36H46N6O5S/c1-34(2,3)46-32(44)40(8)19-18-36(7)20-24(21-36)42-26-13-11-10-12-25(26)38-31(42)39-30(43)28-16-15-27(48-28)23-14-17-29(37-22-23)41(9)33(45)47-35(4,5)6/h10-17,22,24H,18-21H2,1-9H3,(H,38,39,43). The summed E-state index contributed by atoms with van der Waals surface area (Å²) in [5.74, 6) is 0.743. The summed E-state index contributed by atoms with van der Waals surface area (Å²) in [5, 5.41) is 3.08. The van der Waals surface area contributed by atoms with Gasteiger partial charge in [-0.15, -0.1) is 11.3 Å². The number of nitrogens with one attached hydrogen (secondary N) is 1. The second-order valence-corrected chi connectivity index (χ2v) is 16.0. The fourth-order valence-corrected chi connectivity index (χ4v) is 6.66. The quantitative estimate of drug-likeness (QED) is 0.199. The van der Waals surface area contributed by atoms with E-state index in [0.717, 1.165) is 40.7 Å². The Balaban J connectivity index is 1.25. The second kappa shape index (κ2) is 13.2. The van der Waals surface area contributed by atoms with Gasteiger partial charge in [-0.1, -0.05) is 19.1 Å². The van der Waals surface area contributed by atoms with Crippen LogP contribution in [0.15, 0.2) is 54.7 Å². The Kier molecular flexibility index (Phi) is 9.60. The van der Waals surface area contributed by atoms with Gasteiger partial charge in [-0.3, -0.25) is 15.0 Å². The number of imidazole rings is 1. The van der Waals surface area contributed by atoms with Crippen molar-refractivity contribution < 1.29 is 23.9 Å². The highest BCUT2D eigenvalue weighted by Gasteiger charge is 2.43. The molecule has 4 aromatic rings. The minimum absolute atomic E-state index is 0.0432. The number of carbonyl (C=O) groups is 3. The zero-order valence-electron chi connectivity index (χ0n) is 29.3. The maximum atomic E-state index is 13.5. The molecule has 1 aliphatic carbocycles. The van der Waals surface area contributed by atoms with Crippen LogP contribution in [0.4, 0.5) is 21.4 Å². The van der Waals surface area contributed by atoms with Gasteiger partial charge >= 0.3 is 12.2 Å². The molecule has 256 valence electrons. The minimum Gasteiger partial charge on any atom is -0.444 e. The summed E-state index contributed by atoms with van der Waals surface area (Å²) in [4.78, 5) is 52.1. The number of hydrogen-bond acceptors (Lipinski definition) is 8. The number of para-hydroxylation sites is 2. The van der Waals surface area contributed by atoms with Crippen molar-refractivity contribution in [3.8, 4) is 10.4 Å². The van der Waals surface area contributed by atoms with Gasteiger partial charge < -0.3 is 18.9 Å². The Hall–Kier alpha value is -4.45. The first-order chi connectivity index (χ1) is 22.4. The van der Waals surface area contributed by atoms with Gasteiger partial charge in [0.05, 0.1) is 15.9 Å². The van der Waals surface area contributed by atoms with Crippen molar-refractivity contribution in [2.45, 2.75) is 85.0 Å². The third-order valence-corrected chi connectivity index (χ3v) is 9.41. The third-order valence-electron chi connectivity index (χ3n) is 8.27. The largest absolute Gasteiger partial charge is 0.444 e. The van der Waals surface area contributed by atoms with E-state index in [2.05, 4.69) is 21.8 Å². The molecule has 0 unspecified atom stereocenters. The van der Waals surface area contributed by atoms with Crippen molar-refractivity contribution in [2.75, 3.05) is 30.9 Å². The lowest BCUT2D eigenvalue weighted by Crippen LogP contribution is -2.41. The monoisotopic (exact) mass is 674 g/mol. The number of anilines is 2. The van der Waals surface area contributed by atoms with Gasteiger partial charge in [-0.2, -0.15) is 0 Å². The van der Waals surface area contributed by atoms with Crippen molar-refractivity contribution in [1.29, 1.82) is 0 Å². The lowest BCUT2D eigenvalue weighted by atomic mass is 9.64. The first-order valence-electron chi connectivity index (χ1n) is 16.2. The molecule has 1 aromatic carbocycles. The molecule has 0 spiro atoms. The van der Waals surface area contributed by atoms with Gasteiger partial charge in [0.1, 0.15) is 17.0 Å². The first kappa shape index (κ1) is 34.9. The maximum Gasteiger partial charge on any atom is 0.415 e. The average Bonchev–Trinajstić information content (AvgIpc) is 3.62. The Morgan fingerprint density at radius 1 is 0.958 bits per heavy atom. The van der Waals surface area contributed by atoms with Gasteiger partial charge in [0.2, 0.25) is 5.95 Å². The molecule has 3 amide bonds. The van der Waals surface area contributed by atoms with E-state index in [4.69, 9.17) is 14.5 Å². The molecule has 3 aromatic heterocycles. The van der Waals surface area contributed by atoms with Crippen molar-refractivity contribution in [3.05, 3.63) is 59.6 Å². The average molecular weight is 675 g/mol. The smallest absolute Gasteiger partial charge is 0.415 e. The number of thiophene rings is 1. The lowest BCUT2D eigenvalue weighted by Gasteiger charge is -2.47. The first-order valence-corrected chi connectivity index (χ1v) is 17.0. The normalized spacial score (nSPS) is 17.8. The Bertz CT molecular complexity index is 1790. The van der Waals surface area contributed by atoms with E-state index in [0.29, 0.717) is 23.2 Å². The number of carbonyl (C=O) groups excluding carboxylic acids is 3. The molecule has 11 nitrogen and oxygen atoms in total. The topological polar surface area (TPSA) is 119 Å². The summed E-state index contributed by atoms with van der Waals surface area (Å²) in [7, 11) is 3.39. The third kappa shape index (κ3) is 8.15. The molecule has 48 heavy (non-hydrogen) atoms. The van der Waals surface area contributed by atoms with E-state index in [1.807, 2.05) is 77.9 Å². The minimum atomic E-state index is -0.608. The van der Waals surface area contributed by atoms with E-state index in [1.165, 1.54) is 16.2 Å². The molecule has 1 N–H and O–H groups in total. The van der Waals surface area contributed by atoms with Gasteiger partial charge in [0, 0.05) is 43.3 Å². The van der Waals surface area contributed by atoms with Crippen LogP contribution < -0.4 is 10.2 Å². The number of nitrogens with zero attached hydrogens (tertiary/aromatic N) is 5. The maximum absolute atomic E-state index is 13.5. The molecule has 1 aliphatic rings. The predicted octanol–water partition coefficient (Wildman–Crippen LogP) is 8.38. The molecule has 0 bridgehead atoms. The molecule has 3 heterocycles. The number of hydrogen-bond donors (Lipinski definition) is 1. The highest BCUT2D eigenvalue weighted by atomic mass is 32.1. The summed E-state index contributed by atoms with van der Waals surface area (Å²) in [6.07, 6.45) is 3.52. The fraction of sp³-hybridized carbons (Fsp3) is 0.472.